The number of aliphatic imine (C=N–C) groups is 1. The second-order valence-electron chi connectivity index (χ2n) is 8.50. The van der Waals surface area contributed by atoms with Crippen molar-refractivity contribution in [3.63, 3.8) is 0 Å². The lowest BCUT2D eigenvalue weighted by atomic mass is 9.84. The molecule has 1 aliphatic carbocycles. The zero-order valence-electron chi connectivity index (χ0n) is 17.9. The number of fused-ring (bicyclic) bond motifs is 1. The number of ether oxygens (including phenoxy) is 3. The van der Waals surface area contributed by atoms with Gasteiger partial charge in [-0.05, 0) is 31.0 Å². The van der Waals surface area contributed by atoms with Crippen LogP contribution >= 0.6 is 0 Å². The number of benzene rings is 1. The van der Waals surface area contributed by atoms with Crippen LogP contribution in [0.1, 0.15) is 28.9 Å². The number of nitrogens with one attached hydrogen (secondary N) is 1. The maximum atomic E-state index is 14.7. The predicted octanol–water partition coefficient (Wildman–Crippen LogP) is 2.48. The van der Waals surface area contributed by atoms with E-state index in [-0.39, 0.29) is 35.2 Å². The van der Waals surface area contributed by atoms with Crippen molar-refractivity contribution in [3.05, 3.63) is 47.7 Å². The van der Waals surface area contributed by atoms with Crippen molar-refractivity contribution in [1.82, 2.24) is 9.97 Å². The summed E-state index contributed by atoms with van der Waals surface area (Å²) in [5, 5.41) is 2.54. The van der Waals surface area contributed by atoms with Gasteiger partial charge in [0, 0.05) is 29.7 Å². The number of carbonyl (C=O) groups is 1. The van der Waals surface area contributed by atoms with E-state index >= 15 is 0 Å². The molecular formula is C22H22F3N5O4. The van der Waals surface area contributed by atoms with Gasteiger partial charge >= 0.3 is 0 Å². The number of amidine groups is 1. The van der Waals surface area contributed by atoms with E-state index in [4.69, 9.17) is 19.9 Å². The molecule has 4 atom stereocenters. The summed E-state index contributed by atoms with van der Waals surface area (Å²) in [6.45, 7) is 1.77. The van der Waals surface area contributed by atoms with Gasteiger partial charge in [0.15, 0.2) is 5.54 Å². The Morgan fingerprint density at radius 3 is 2.88 bits per heavy atom. The van der Waals surface area contributed by atoms with Crippen LogP contribution in [0.4, 0.5) is 18.9 Å². The summed E-state index contributed by atoms with van der Waals surface area (Å²) in [5.74, 6) is -1.69. The van der Waals surface area contributed by atoms with E-state index in [2.05, 4.69) is 20.3 Å². The van der Waals surface area contributed by atoms with Gasteiger partial charge < -0.3 is 25.3 Å². The van der Waals surface area contributed by atoms with Crippen LogP contribution in [0.3, 0.4) is 0 Å². The minimum atomic E-state index is -3.03. The van der Waals surface area contributed by atoms with Crippen LogP contribution in [0.5, 0.6) is 5.88 Å². The molecule has 9 nitrogen and oxygen atoms in total. The molecule has 12 heteroatoms. The number of anilines is 1. The number of aromatic nitrogens is 2. The summed E-state index contributed by atoms with van der Waals surface area (Å²) in [6.07, 6.45) is 0.175. The van der Waals surface area contributed by atoms with Crippen LogP contribution in [0.25, 0.3) is 0 Å². The van der Waals surface area contributed by atoms with Crippen molar-refractivity contribution in [1.29, 1.82) is 0 Å². The zero-order valence-corrected chi connectivity index (χ0v) is 17.9. The number of nitrogens with zero attached hydrogens (tertiary/aromatic N) is 3. The van der Waals surface area contributed by atoms with Crippen LogP contribution in [0, 0.1) is 17.7 Å². The monoisotopic (exact) mass is 477 g/mol. The fourth-order valence-electron chi connectivity index (χ4n) is 4.33. The fraction of sp³-hybridized carbons (Fsp3) is 0.455. The van der Waals surface area contributed by atoms with E-state index in [1.54, 1.807) is 0 Å². The normalized spacial score (nSPS) is 27.5. The molecule has 1 aromatic carbocycles. The smallest absolute Gasteiger partial charge is 0.283 e. The molecule has 2 fully saturated rings. The van der Waals surface area contributed by atoms with E-state index in [1.807, 2.05) is 0 Å². The largest absolute Gasteiger partial charge is 0.476 e. The predicted molar refractivity (Wildman–Crippen MR) is 113 cm³/mol. The Bertz CT molecular complexity index is 1110. The van der Waals surface area contributed by atoms with Gasteiger partial charge in [-0.15, -0.1) is 0 Å². The Balaban J connectivity index is 1.32. The van der Waals surface area contributed by atoms with Gasteiger partial charge in [-0.25, -0.2) is 28.1 Å². The second kappa shape index (κ2) is 8.75. The summed E-state index contributed by atoms with van der Waals surface area (Å²) in [6, 6.07) is 3.00. The lowest BCUT2D eigenvalue weighted by molar-refractivity contribution is 0.0177. The third-order valence-corrected chi connectivity index (χ3v) is 6.20. The number of carbonyl (C=O) groups excluding carboxylic acids is 1. The molecule has 3 N–H and O–H groups in total. The van der Waals surface area contributed by atoms with Crippen LogP contribution in [-0.2, 0) is 15.0 Å². The summed E-state index contributed by atoms with van der Waals surface area (Å²) < 4.78 is 59.3. The Kier molecular flexibility index (Phi) is 5.76. The van der Waals surface area contributed by atoms with E-state index in [0.717, 1.165) is 18.6 Å². The molecule has 1 saturated heterocycles. The first-order chi connectivity index (χ1) is 16.4. The van der Waals surface area contributed by atoms with Crippen molar-refractivity contribution < 1.29 is 32.2 Å². The number of rotatable bonds is 7. The van der Waals surface area contributed by atoms with E-state index < -0.39 is 41.7 Å². The fourth-order valence-corrected chi connectivity index (χ4v) is 4.33. The van der Waals surface area contributed by atoms with Crippen molar-refractivity contribution in [3.8, 4) is 5.88 Å². The number of hydrogen-bond donors (Lipinski definition) is 2. The molecular weight excluding hydrogens is 455 g/mol. The quantitative estimate of drug-likeness (QED) is 0.629. The van der Waals surface area contributed by atoms with Crippen LogP contribution in [-0.4, -0.2) is 54.2 Å². The maximum absolute atomic E-state index is 14.7. The summed E-state index contributed by atoms with van der Waals surface area (Å²) in [7, 11) is 0. The van der Waals surface area contributed by atoms with Gasteiger partial charge in [-0.3, -0.25) is 4.79 Å². The topological polar surface area (TPSA) is 121 Å². The highest BCUT2D eigenvalue weighted by molar-refractivity contribution is 6.02. The molecule has 3 aliphatic rings. The average Bonchev–Trinajstić information content (AvgIpc) is 3.41. The molecule has 34 heavy (non-hydrogen) atoms. The summed E-state index contributed by atoms with van der Waals surface area (Å²) >= 11 is 0. The van der Waals surface area contributed by atoms with Gasteiger partial charge in [0.25, 0.3) is 18.4 Å². The number of alkyl halides is 2. The molecule has 2 aliphatic heterocycles. The standard InChI is InChI=1S/C22H22F3N5O4/c23-15-2-1-12(5-13(15)22(20(24)25)14-6-17(14)34-21(26)30-22)29-19(31)16-7-28-18(8-27-16)33-10-11-3-4-32-9-11/h1-2,5,7-8,11,14,17,20H,3-4,6,9-10H2,(H2,26,30)(H,29,31)/t11-,14+,17-,22-/m1/s1. The van der Waals surface area contributed by atoms with Crippen LogP contribution in [0.15, 0.2) is 35.6 Å². The Morgan fingerprint density at radius 2 is 2.18 bits per heavy atom. The molecule has 0 spiro atoms. The highest BCUT2D eigenvalue weighted by atomic mass is 19.3. The van der Waals surface area contributed by atoms with Crippen molar-refractivity contribution in [2.24, 2.45) is 22.6 Å². The molecule has 5 rings (SSSR count). The molecule has 1 amide bonds. The van der Waals surface area contributed by atoms with Crippen LogP contribution < -0.4 is 15.8 Å². The third-order valence-electron chi connectivity index (χ3n) is 6.20. The Hall–Kier alpha value is -3.41. The van der Waals surface area contributed by atoms with E-state index in [1.165, 1.54) is 18.5 Å². The van der Waals surface area contributed by atoms with Crippen LogP contribution in [0.2, 0.25) is 0 Å². The zero-order chi connectivity index (χ0) is 23.9. The van der Waals surface area contributed by atoms with Gasteiger partial charge in [-0.2, -0.15) is 0 Å². The summed E-state index contributed by atoms with van der Waals surface area (Å²) in [4.78, 5) is 24.6. The lowest BCUT2D eigenvalue weighted by Crippen LogP contribution is -2.43. The SMILES string of the molecule is NC1=N[C@@](c2cc(NC(=O)c3cnc(OC[C@@H]4CCOC4)cn3)ccc2F)(C(F)F)[C@H]2C[C@H]2O1. The minimum absolute atomic E-state index is 0.0263. The molecule has 1 saturated carbocycles. The maximum Gasteiger partial charge on any atom is 0.283 e. The number of amides is 1. The van der Waals surface area contributed by atoms with Gasteiger partial charge in [0.05, 0.1) is 25.6 Å². The summed E-state index contributed by atoms with van der Waals surface area (Å²) in [5.41, 5.74) is 3.12. The minimum Gasteiger partial charge on any atom is -0.476 e. The van der Waals surface area contributed by atoms with Gasteiger partial charge in [-0.1, -0.05) is 0 Å². The van der Waals surface area contributed by atoms with Crippen molar-refractivity contribution in [2.75, 3.05) is 25.1 Å². The van der Waals surface area contributed by atoms with E-state index in [9.17, 15) is 18.0 Å². The highest BCUT2D eigenvalue weighted by Crippen LogP contribution is 2.56. The molecule has 0 radical (unpaired) electrons. The van der Waals surface area contributed by atoms with Crippen molar-refractivity contribution >= 4 is 17.6 Å². The number of hydrogen-bond acceptors (Lipinski definition) is 8. The van der Waals surface area contributed by atoms with Crippen molar-refractivity contribution in [2.45, 2.75) is 30.9 Å². The molecule has 0 bridgehead atoms. The first kappa shape index (κ1) is 22.4. The van der Waals surface area contributed by atoms with Gasteiger partial charge in [0.1, 0.15) is 17.6 Å². The number of halogens is 3. The molecule has 0 unspecified atom stereocenters. The molecule has 2 aromatic rings. The Morgan fingerprint density at radius 1 is 1.32 bits per heavy atom. The molecule has 1 aromatic heterocycles. The molecule has 180 valence electrons. The first-order valence-corrected chi connectivity index (χ1v) is 10.8. The third kappa shape index (κ3) is 4.13. The highest BCUT2D eigenvalue weighted by Gasteiger charge is 2.64. The second-order valence-corrected chi connectivity index (χ2v) is 8.50. The number of nitrogens with two attached hydrogens (primary N) is 1. The van der Waals surface area contributed by atoms with Gasteiger partial charge in [0.2, 0.25) is 5.88 Å². The first-order valence-electron chi connectivity index (χ1n) is 10.8. The van der Waals surface area contributed by atoms with E-state index in [0.29, 0.717) is 19.8 Å². The Labute approximate surface area is 192 Å². The molecule has 3 heterocycles. The average molecular weight is 477 g/mol. The lowest BCUT2D eigenvalue weighted by Gasteiger charge is -2.33.